The first-order valence-electron chi connectivity index (χ1n) is 8.99. The van der Waals surface area contributed by atoms with Crippen LogP contribution in [0.1, 0.15) is 36.9 Å². The molecule has 1 saturated heterocycles. The second-order valence-electron chi connectivity index (χ2n) is 6.75. The number of carbonyl (C=O) groups is 1. The summed E-state index contributed by atoms with van der Waals surface area (Å²) in [5, 5.41) is 7.07. The van der Waals surface area contributed by atoms with E-state index in [1.54, 1.807) is 12.7 Å². The van der Waals surface area contributed by atoms with Crippen LogP contribution in [0.2, 0.25) is 0 Å². The minimum Gasteiger partial charge on any atom is -0.356 e. The zero-order valence-corrected chi connectivity index (χ0v) is 14.3. The summed E-state index contributed by atoms with van der Waals surface area (Å²) in [5.74, 6) is 1.10. The molecule has 4 rings (SSSR count). The van der Waals surface area contributed by atoms with Crippen LogP contribution in [-0.2, 0) is 24.2 Å². The lowest BCUT2D eigenvalue weighted by molar-refractivity contribution is -0.122. The lowest BCUT2D eigenvalue weighted by Crippen LogP contribution is -2.46. The highest BCUT2D eigenvalue weighted by Crippen LogP contribution is 2.28. The molecule has 1 N–H and O–H groups in total. The Morgan fingerprint density at radius 2 is 2.00 bits per heavy atom. The summed E-state index contributed by atoms with van der Waals surface area (Å²) in [4.78, 5) is 27.3. The van der Waals surface area contributed by atoms with E-state index in [0.29, 0.717) is 0 Å². The molecule has 2 aromatic heterocycles. The van der Waals surface area contributed by atoms with Crippen molar-refractivity contribution in [3.05, 3.63) is 30.2 Å². The van der Waals surface area contributed by atoms with Crippen molar-refractivity contribution in [2.75, 3.05) is 18.0 Å². The van der Waals surface area contributed by atoms with E-state index in [1.165, 1.54) is 35.1 Å². The topological polar surface area (TPSA) is 88.8 Å². The van der Waals surface area contributed by atoms with Crippen LogP contribution in [-0.4, -0.2) is 49.8 Å². The number of carbonyl (C=O) groups excluding carboxylic acids is 1. The zero-order chi connectivity index (χ0) is 17.1. The molecule has 0 bridgehead atoms. The van der Waals surface area contributed by atoms with Crippen molar-refractivity contribution < 1.29 is 4.79 Å². The van der Waals surface area contributed by atoms with E-state index in [2.05, 4.69) is 30.3 Å². The van der Waals surface area contributed by atoms with Crippen molar-refractivity contribution in [3.8, 4) is 0 Å². The molecule has 25 heavy (non-hydrogen) atoms. The van der Waals surface area contributed by atoms with E-state index in [-0.39, 0.29) is 18.5 Å². The molecule has 2 aliphatic rings. The fourth-order valence-corrected chi connectivity index (χ4v) is 3.75. The Morgan fingerprint density at radius 3 is 2.80 bits per heavy atom. The van der Waals surface area contributed by atoms with Crippen molar-refractivity contribution in [1.29, 1.82) is 0 Å². The average Bonchev–Trinajstić information content (AvgIpc) is 3.15. The molecule has 0 unspecified atom stereocenters. The summed E-state index contributed by atoms with van der Waals surface area (Å²) < 4.78 is 1.54. The molecular weight excluding hydrogens is 318 g/mol. The van der Waals surface area contributed by atoms with Gasteiger partial charge < -0.3 is 10.2 Å². The van der Waals surface area contributed by atoms with Crippen LogP contribution in [0.25, 0.3) is 0 Å². The monoisotopic (exact) mass is 341 g/mol. The highest BCUT2D eigenvalue weighted by atomic mass is 16.2. The number of rotatable bonds is 4. The number of hydrogen-bond acceptors (Lipinski definition) is 6. The normalized spacial score (nSPS) is 18.0. The molecule has 0 saturated carbocycles. The third kappa shape index (κ3) is 3.62. The third-order valence-corrected chi connectivity index (χ3v) is 5.03. The Bertz CT molecular complexity index is 723. The van der Waals surface area contributed by atoms with Crippen LogP contribution in [0.5, 0.6) is 0 Å². The van der Waals surface area contributed by atoms with E-state index >= 15 is 0 Å². The molecule has 132 valence electrons. The fraction of sp³-hybridized carbons (Fsp3) is 0.588. The number of nitrogens with zero attached hydrogens (tertiary/aromatic N) is 6. The smallest absolute Gasteiger partial charge is 0.242 e. The Morgan fingerprint density at radius 1 is 1.16 bits per heavy atom. The number of aryl methyl sites for hydroxylation is 1. The largest absolute Gasteiger partial charge is 0.356 e. The summed E-state index contributed by atoms with van der Waals surface area (Å²) in [6.45, 7) is 2.05. The fourth-order valence-electron chi connectivity index (χ4n) is 3.75. The van der Waals surface area contributed by atoms with Crippen molar-refractivity contribution in [2.45, 2.75) is 51.1 Å². The van der Waals surface area contributed by atoms with Gasteiger partial charge in [0.05, 0.1) is 0 Å². The maximum Gasteiger partial charge on any atom is 0.242 e. The number of amides is 1. The molecule has 8 nitrogen and oxygen atoms in total. The van der Waals surface area contributed by atoms with Gasteiger partial charge in [0, 0.05) is 30.4 Å². The van der Waals surface area contributed by atoms with Gasteiger partial charge in [-0.1, -0.05) is 0 Å². The average molecular weight is 341 g/mol. The molecule has 0 radical (unpaired) electrons. The van der Waals surface area contributed by atoms with Gasteiger partial charge in [-0.05, 0) is 38.5 Å². The van der Waals surface area contributed by atoms with E-state index in [9.17, 15) is 4.79 Å². The Hall–Kier alpha value is -2.51. The number of nitrogens with one attached hydrogen (secondary N) is 1. The summed E-state index contributed by atoms with van der Waals surface area (Å²) in [6, 6.07) is 0.213. The SMILES string of the molecule is O=C(Cn1cncn1)NC1CCN(c2ncnc3c2CCCC3)CC1. The molecule has 0 spiro atoms. The summed E-state index contributed by atoms with van der Waals surface area (Å²) in [6.07, 6.45) is 11.2. The summed E-state index contributed by atoms with van der Waals surface area (Å²) >= 11 is 0. The zero-order valence-electron chi connectivity index (χ0n) is 14.3. The molecule has 1 fully saturated rings. The number of hydrogen-bond donors (Lipinski definition) is 1. The van der Waals surface area contributed by atoms with E-state index < -0.39 is 0 Å². The van der Waals surface area contributed by atoms with E-state index in [1.807, 2.05) is 0 Å². The van der Waals surface area contributed by atoms with Gasteiger partial charge in [0.1, 0.15) is 31.3 Å². The first-order valence-corrected chi connectivity index (χ1v) is 8.99. The minimum absolute atomic E-state index is 0.0108. The Labute approximate surface area is 146 Å². The predicted octanol–water partition coefficient (Wildman–Crippen LogP) is 0.732. The first kappa shape index (κ1) is 16.0. The molecule has 1 amide bonds. The maximum atomic E-state index is 12.1. The number of anilines is 1. The molecule has 3 heterocycles. The van der Waals surface area contributed by atoms with Gasteiger partial charge in [-0.3, -0.25) is 4.79 Å². The third-order valence-electron chi connectivity index (χ3n) is 5.03. The van der Waals surface area contributed by atoms with Crippen molar-refractivity contribution in [1.82, 2.24) is 30.0 Å². The molecule has 1 aliphatic heterocycles. The molecule has 0 aromatic carbocycles. The van der Waals surface area contributed by atoms with Crippen molar-refractivity contribution >= 4 is 11.7 Å². The quantitative estimate of drug-likeness (QED) is 0.882. The van der Waals surface area contributed by atoms with Gasteiger partial charge in [-0.25, -0.2) is 19.6 Å². The van der Waals surface area contributed by atoms with Gasteiger partial charge in [0.25, 0.3) is 0 Å². The number of fused-ring (bicyclic) bond motifs is 1. The first-order chi connectivity index (χ1) is 12.3. The number of aromatic nitrogens is 5. The van der Waals surface area contributed by atoms with E-state index in [0.717, 1.165) is 44.6 Å². The highest BCUT2D eigenvalue weighted by Gasteiger charge is 2.25. The Balaban J connectivity index is 1.33. The lowest BCUT2D eigenvalue weighted by Gasteiger charge is -2.35. The van der Waals surface area contributed by atoms with Crippen LogP contribution in [0.15, 0.2) is 19.0 Å². The van der Waals surface area contributed by atoms with Gasteiger partial charge in [-0.2, -0.15) is 5.10 Å². The molecular formula is C17H23N7O. The van der Waals surface area contributed by atoms with Crippen LogP contribution >= 0.6 is 0 Å². The maximum absolute atomic E-state index is 12.1. The number of piperidine rings is 1. The van der Waals surface area contributed by atoms with Gasteiger partial charge in [0.15, 0.2) is 0 Å². The molecule has 0 atom stereocenters. The standard InChI is InChI=1S/C17H23N7O/c25-16(9-24-12-18-10-21-24)22-13-5-7-23(8-6-13)17-14-3-1-2-4-15(14)19-11-20-17/h10-13H,1-9H2,(H,22,25). The Kier molecular flexibility index (Phi) is 4.58. The minimum atomic E-state index is -0.0108. The summed E-state index contributed by atoms with van der Waals surface area (Å²) in [7, 11) is 0. The second kappa shape index (κ2) is 7.16. The van der Waals surface area contributed by atoms with Crippen LogP contribution in [0, 0.1) is 0 Å². The predicted molar refractivity (Wildman–Crippen MR) is 92.1 cm³/mol. The highest BCUT2D eigenvalue weighted by molar-refractivity contribution is 5.75. The molecule has 1 aliphatic carbocycles. The van der Waals surface area contributed by atoms with Crippen LogP contribution in [0.3, 0.4) is 0 Å². The van der Waals surface area contributed by atoms with Gasteiger partial charge >= 0.3 is 0 Å². The van der Waals surface area contributed by atoms with Crippen LogP contribution < -0.4 is 10.2 Å². The second-order valence-corrected chi connectivity index (χ2v) is 6.75. The van der Waals surface area contributed by atoms with Crippen LogP contribution in [0.4, 0.5) is 5.82 Å². The molecule has 8 heteroatoms. The lowest BCUT2D eigenvalue weighted by atomic mass is 9.95. The molecule has 2 aromatic rings. The van der Waals surface area contributed by atoms with Gasteiger partial charge in [0.2, 0.25) is 5.91 Å². The van der Waals surface area contributed by atoms with Crippen molar-refractivity contribution in [3.63, 3.8) is 0 Å². The summed E-state index contributed by atoms with van der Waals surface area (Å²) in [5.41, 5.74) is 2.56. The van der Waals surface area contributed by atoms with Gasteiger partial charge in [-0.15, -0.1) is 0 Å². The van der Waals surface area contributed by atoms with Crippen molar-refractivity contribution in [2.24, 2.45) is 0 Å². The van der Waals surface area contributed by atoms with E-state index in [4.69, 9.17) is 0 Å².